The van der Waals surface area contributed by atoms with Gasteiger partial charge in [0.1, 0.15) is 5.58 Å². The minimum absolute atomic E-state index is 0.880. The first-order chi connectivity index (χ1) is 21.8. The van der Waals surface area contributed by atoms with Crippen LogP contribution in [-0.2, 0) is 0 Å². The van der Waals surface area contributed by atoms with Gasteiger partial charge in [0.2, 0.25) is 0 Å². The molecule has 0 aliphatic heterocycles. The Bertz CT molecular complexity index is 2490. The van der Waals surface area contributed by atoms with Crippen molar-refractivity contribution in [3.8, 4) is 11.1 Å². The van der Waals surface area contributed by atoms with Gasteiger partial charge in [0.05, 0.1) is 5.69 Å². The highest BCUT2D eigenvalue weighted by atomic mass is 16.3. The molecular weight excluding hydrogens is 534 g/mol. The second-order valence-corrected chi connectivity index (χ2v) is 11.4. The lowest BCUT2D eigenvalue weighted by Crippen LogP contribution is -2.10. The molecule has 0 spiro atoms. The quantitative estimate of drug-likeness (QED) is 0.199. The second kappa shape index (κ2) is 9.86. The predicted molar refractivity (Wildman–Crippen MR) is 186 cm³/mol. The van der Waals surface area contributed by atoms with Crippen LogP contribution in [0.3, 0.4) is 0 Å². The molecule has 0 aliphatic carbocycles. The molecule has 0 amide bonds. The van der Waals surface area contributed by atoms with Gasteiger partial charge in [-0.15, -0.1) is 0 Å². The van der Waals surface area contributed by atoms with E-state index in [9.17, 15) is 0 Å². The number of benzene rings is 8. The van der Waals surface area contributed by atoms with Gasteiger partial charge >= 0.3 is 0 Å². The van der Waals surface area contributed by atoms with Crippen LogP contribution in [0.2, 0.25) is 0 Å². The first-order valence-electron chi connectivity index (χ1n) is 15.0. The van der Waals surface area contributed by atoms with E-state index in [1.54, 1.807) is 0 Å². The average molecular weight is 562 g/mol. The van der Waals surface area contributed by atoms with Crippen molar-refractivity contribution in [2.75, 3.05) is 4.90 Å². The van der Waals surface area contributed by atoms with E-state index < -0.39 is 0 Å². The molecular formula is C42H27NO. The summed E-state index contributed by atoms with van der Waals surface area (Å²) in [5.41, 5.74) is 7.33. The van der Waals surface area contributed by atoms with Gasteiger partial charge in [-0.1, -0.05) is 127 Å². The highest BCUT2D eigenvalue weighted by Crippen LogP contribution is 2.43. The molecule has 2 nitrogen and oxygen atoms in total. The Kier molecular flexibility index (Phi) is 5.54. The van der Waals surface area contributed by atoms with Crippen LogP contribution in [0, 0.1) is 0 Å². The lowest BCUT2D eigenvalue weighted by molar-refractivity contribution is 0.669. The van der Waals surface area contributed by atoms with Crippen LogP contribution in [0.1, 0.15) is 0 Å². The molecule has 44 heavy (non-hydrogen) atoms. The SMILES string of the molecule is c1ccc(-c2ccc(N(c3ccc4c(ccc5c6ccccc6ccc45)c3)c3cccc4c3oc3ccccc34)cc2)cc1. The molecule has 2 heteroatoms. The monoisotopic (exact) mass is 561 g/mol. The van der Waals surface area contributed by atoms with Crippen molar-refractivity contribution >= 4 is 71.3 Å². The van der Waals surface area contributed by atoms with Gasteiger partial charge in [-0.3, -0.25) is 0 Å². The van der Waals surface area contributed by atoms with E-state index in [0.717, 1.165) is 39.0 Å². The van der Waals surface area contributed by atoms with E-state index in [1.165, 1.54) is 43.4 Å². The third kappa shape index (κ3) is 3.89. The fourth-order valence-corrected chi connectivity index (χ4v) is 6.72. The zero-order chi connectivity index (χ0) is 29.0. The molecule has 1 heterocycles. The number of fused-ring (bicyclic) bond motifs is 8. The summed E-state index contributed by atoms with van der Waals surface area (Å²) in [6, 6.07) is 58.5. The minimum atomic E-state index is 0.880. The molecule has 0 N–H and O–H groups in total. The maximum absolute atomic E-state index is 6.54. The summed E-state index contributed by atoms with van der Waals surface area (Å²) < 4.78 is 6.54. The number of para-hydroxylation sites is 2. The number of anilines is 3. The van der Waals surface area contributed by atoms with Gasteiger partial charge in [0, 0.05) is 22.1 Å². The normalized spacial score (nSPS) is 11.6. The molecule has 9 aromatic rings. The van der Waals surface area contributed by atoms with Crippen molar-refractivity contribution in [3.05, 3.63) is 164 Å². The smallest absolute Gasteiger partial charge is 0.159 e. The molecule has 8 aromatic carbocycles. The van der Waals surface area contributed by atoms with Crippen LogP contribution in [0.25, 0.3) is 65.4 Å². The number of rotatable bonds is 4. The van der Waals surface area contributed by atoms with Crippen LogP contribution < -0.4 is 4.90 Å². The summed E-state index contributed by atoms with van der Waals surface area (Å²) in [4.78, 5) is 2.32. The van der Waals surface area contributed by atoms with E-state index in [1.807, 2.05) is 12.1 Å². The zero-order valence-electron chi connectivity index (χ0n) is 23.9. The summed E-state index contributed by atoms with van der Waals surface area (Å²) >= 11 is 0. The summed E-state index contributed by atoms with van der Waals surface area (Å²) in [5.74, 6) is 0. The average Bonchev–Trinajstić information content (AvgIpc) is 3.48. The van der Waals surface area contributed by atoms with Crippen molar-refractivity contribution in [3.63, 3.8) is 0 Å². The number of hydrogen-bond acceptors (Lipinski definition) is 2. The maximum atomic E-state index is 6.54. The van der Waals surface area contributed by atoms with E-state index in [2.05, 4.69) is 157 Å². The third-order valence-corrected chi connectivity index (χ3v) is 8.84. The topological polar surface area (TPSA) is 16.4 Å². The molecule has 0 fully saturated rings. The Morgan fingerprint density at radius 1 is 0.364 bits per heavy atom. The molecule has 0 atom stereocenters. The van der Waals surface area contributed by atoms with Gasteiger partial charge in [-0.05, 0) is 79.8 Å². The van der Waals surface area contributed by atoms with Crippen LogP contribution in [-0.4, -0.2) is 0 Å². The highest BCUT2D eigenvalue weighted by Gasteiger charge is 2.20. The van der Waals surface area contributed by atoms with Gasteiger partial charge in [0.25, 0.3) is 0 Å². The molecule has 0 aliphatic rings. The number of hydrogen-bond donors (Lipinski definition) is 0. The summed E-state index contributed by atoms with van der Waals surface area (Å²) in [7, 11) is 0. The standard InChI is InChI=1S/C42H27NO/c1-2-9-28(10-3-1)29-17-21-32(22-18-29)43(40-15-8-14-39-38-13-6-7-16-41(38)44-42(39)40)33-23-26-35-31(27-33)20-25-36-34-12-5-4-11-30(34)19-24-37(35)36/h1-27H. The number of nitrogens with zero attached hydrogens (tertiary/aromatic N) is 1. The Morgan fingerprint density at radius 2 is 0.977 bits per heavy atom. The molecule has 9 rings (SSSR count). The zero-order valence-corrected chi connectivity index (χ0v) is 23.9. The first kappa shape index (κ1) is 24.7. The van der Waals surface area contributed by atoms with Crippen LogP contribution >= 0.6 is 0 Å². The molecule has 0 saturated heterocycles. The minimum Gasteiger partial charge on any atom is -0.454 e. The van der Waals surface area contributed by atoms with E-state index in [0.29, 0.717) is 0 Å². The summed E-state index contributed by atoms with van der Waals surface area (Å²) in [5, 5.41) is 9.79. The van der Waals surface area contributed by atoms with Crippen molar-refractivity contribution in [2.24, 2.45) is 0 Å². The first-order valence-corrected chi connectivity index (χ1v) is 15.0. The van der Waals surface area contributed by atoms with Gasteiger partial charge < -0.3 is 9.32 Å². The van der Waals surface area contributed by atoms with E-state index in [-0.39, 0.29) is 0 Å². The maximum Gasteiger partial charge on any atom is 0.159 e. The van der Waals surface area contributed by atoms with Crippen molar-refractivity contribution in [1.82, 2.24) is 0 Å². The lowest BCUT2D eigenvalue weighted by Gasteiger charge is -2.26. The summed E-state index contributed by atoms with van der Waals surface area (Å²) in [6.07, 6.45) is 0. The molecule has 0 radical (unpaired) electrons. The van der Waals surface area contributed by atoms with E-state index in [4.69, 9.17) is 4.42 Å². The number of furan rings is 1. The Labute approximate surface area is 255 Å². The molecule has 0 saturated carbocycles. The fourth-order valence-electron chi connectivity index (χ4n) is 6.72. The Balaban J connectivity index is 1.26. The molecule has 1 aromatic heterocycles. The Morgan fingerprint density at radius 3 is 1.82 bits per heavy atom. The largest absolute Gasteiger partial charge is 0.454 e. The molecule has 0 unspecified atom stereocenters. The van der Waals surface area contributed by atoms with Gasteiger partial charge in [-0.2, -0.15) is 0 Å². The molecule has 0 bridgehead atoms. The van der Waals surface area contributed by atoms with Gasteiger partial charge in [-0.25, -0.2) is 0 Å². The predicted octanol–water partition coefficient (Wildman–Crippen LogP) is 12.2. The lowest BCUT2D eigenvalue weighted by atomic mass is 9.96. The third-order valence-electron chi connectivity index (χ3n) is 8.84. The van der Waals surface area contributed by atoms with E-state index >= 15 is 0 Å². The van der Waals surface area contributed by atoms with Crippen LogP contribution in [0.4, 0.5) is 17.1 Å². The van der Waals surface area contributed by atoms with Crippen molar-refractivity contribution in [2.45, 2.75) is 0 Å². The highest BCUT2D eigenvalue weighted by molar-refractivity contribution is 6.18. The fraction of sp³-hybridized carbons (Fsp3) is 0. The van der Waals surface area contributed by atoms with Gasteiger partial charge in [0.15, 0.2) is 5.58 Å². The van der Waals surface area contributed by atoms with Crippen LogP contribution in [0.5, 0.6) is 0 Å². The summed E-state index contributed by atoms with van der Waals surface area (Å²) in [6.45, 7) is 0. The van der Waals surface area contributed by atoms with Crippen molar-refractivity contribution in [1.29, 1.82) is 0 Å². The van der Waals surface area contributed by atoms with Crippen molar-refractivity contribution < 1.29 is 4.42 Å². The van der Waals surface area contributed by atoms with Crippen LogP contribution in [0.15, 0.2) is 168 Å². The molecule has 206 valence electrons. The Hall–Kier alpha value is -5.86. The second-order valence-electron chi connectivity index (χ2n) is 11.4.